The highest BCUT2D eigenvalue weighted by Crippen LogP contribution is 2.25. The van der Waals surface area contributed by atoms with E-state index in [9.17, 15) is 8.42 Å². The van der Waals surface area contributed by atoms with Crippen LogP contribution in [0.5, 0.6) is 0 Å². The van der Waals surface area contributed by atoms with Gasteiger partial charge in [0, 0.05) is 19.7 Å². The van der Waals surface area contributed by atoms with Gasteiger partial charge >= 0.3 is 0 Å². The molecule has 0 unspecified atom stereocenters. The molecule has 92 valence electrons. The van der Waals surface area contributed by atoms with Crippen molar-refractivity contribution in [2.75, 3.05) is 20.3 Å². The molecular formula is C8H13BrN2O4S. The minimum atomic E-state index is -3.58. The van der Waals surface area contributed by atoms with Crippen molar-refractivity contribution in [3.8, 4) is 0 Å². The monoisotopic (exact) mass is 312 g/mol. The van der Waals surface area contributed by atoms with Crippen molar-refractivity contribution >= 4 is 26.0 Å². The van der Waals surface area contributed by atoms with Crippen LogP contribution in [0.3, 0.4) is 0 Å². The van der Waals surface area contributed by atoms with Crippen LogP contribution in [0.2, 0.25) is 0 Å². The van der Waals surface area contributed by atoms with Gasteiger partial charge in [0.15, 0.2) is 4.67 Å². The molecule has 1 rings (SSSR count). The van der Waals surface area contributed by atoms with Crippen molar-refractivity contribution in [3.05, 3.63) is 16.5 Å². The standard InChI is InChI=1S/C8H13BrN2O4S/c1-14-3-2-11-16(12,13)7-4-6(5-10)15-8(7)9/h4,11H,2-3,5,10H2,1H3. The summed E-state index contributed by atoms with van der Waals surface area (Å²) in [6.07, 6.45) is 0. The lowest BCUT2D eigenvalue weighted by Gasteiger charge is -2.03. The smallest absolute Gasteiger partial charge is 0.245 e. The summed E-state index contributed by atoms with van der Waals surface area (Å²) in [5.41, 5.74) is 5.35. The third-order valence-electron chi connectivity index (χ3n) is 1.80. The van der Waals surface area contributed by atoms with E-state index in [2.05, 4.69) is 20.7 Å². The van der Waals surface area contributed by atoms with E-state index in [-0.39, 0.29) is 22.7 Å². The number of nitrogens with two attached hydrogens (primary N) is 1. The molecule has 6 nitrogen and oxygen atoms in total. The van der Waals surface area contributed by atoms with Gasteiger partial charge in [0.25, 0.3) is 0 Å². The molecule has 0 amide bonds. The average molecular weight is 313 g/mol. The molecule has 0 spiro atoms. The summed E-state index contributed by atoms with van der Waals surface area (Å²) in [5.74, 6) is 0.402. The van der Waals surface area contributed by atoms with E-state index in [1.54, 1.807) is 0 Å². The molecule has 0 fully saturated rings. The first-order chi connectivity index (χ1) is 7.51. The van der Waals surface area contributed by atoms with Crippen molar-refractivity contribution < 1.29 is 17.6 Å². The Morgan fingerprint density at radius 2 is 2.31 bits per heavy atom. The zero-order valence-electron chi connectivity index (χ0n) is 8.70. The van der Waals surface area contributed by atoms with Crippen molar-refractivity contribution in [2.24, 2.45) is 5.73 Å². The minimum absolute atomic E-state index is 0.0454. The Morgan fingerprint density at radius 1 is 1.62 bits per heavy atom. The van der Waals surface area contributed by atoms with Gasteiger partial charge in [0.05, 0.1) is 13.2 Å². The van der Waals surface area contributed by atoms with Gasteiger partial charge in [-0.05, 0) is 15.9 Å². The van der Waals surface area contributed by atoms with E-state index in [4.69, 9.17) is 14.9 Å². The van der Waals surface area contributed by atoms with Crippen LogP contribution in [-0.2, 0) is 21.3 Å². The first-order valence-corrected chi connectivity index (χ1v) is 6.75. The van der Waals surface area contributed by atoms with Crippen LogP contribution in [0.4, 0.5) is 0 Å². The van der Waals surface area contributed by atoms with Crippen LogP contribution in [0, 0.1) is 0 Å². The molecule has 0 saturated carbocycles. The van der Waals surface area contributed by atoms with Crippen LogP contribution in [0.15, 0.2) is 20.0 Å². The number of methoxy groups -OCH3 is 1. The van der Waals surface area contributed by atoms with E-state index in [0.29, 0.717) is 12.4 Å². The van der Waals surface area contributed by atoms with E-state index in [1.165, 1.54) is 13.2 Å². The SMILES string of the molecule is COCCNS(=O)(=O)c1cc(CN)oc1Br. The molecule has 8 heteroatoms. The largest absolute Gasteiger partial charge is 0.452 e. The van der Waals surface area contributed by atoms with Gasteiger partial charge in [-0.1, -0.05) is 0 Å². The third kappa shape index (κ3) is 3.29. The average Bonchev–Trinajstić information content (AvgIpc) is 2.60. The Bertz CT molecular complexity index is 443. The highest BCUT2D eigenvalue weighted by Gasteiger charge is 2.21. The van der Waals surface area contributed by atoms with Crippen molar-refractivity contribution in [2.45, 2.75) is 11.4 Å². The summed E-state index contributed by atoms with van der Waals surface area (Å²) in [7, 11) is -2.08. The molecule has 0 aromatic carbocycles. The third-order valence-corrected chi connectivity index (χ3v) is 4.11. The van der Waals surface area contributed by atoms with E-state index in [1.807, 2.05) is 0 Å². The van der Waals surface area contributed by atoms with Gasteiger partial charge in [-0.25, -0.2) is 13.1 Å². The molecule has 3 N–H and O–H groups in total. The molecule has 0 radical (unpaired) electrons. The van der Waals surface area contributed by atoms with E-state index >= 15 is 0 Å². The maximum Gasteiger partial charge on any atom is 0.245 e. The number of nitrogens with one attached hydrogen (secondary N) is 1. The lowest BCUT2D eigenvalue weighted by Crippen LogP contribution is -2.27. The fourth-order valence-electron chi connectivity index (χ4n) is 1.04. The normalized spacial score (nSPS) is 11.9. The zero-order chi connectivity index (χ0) is 12.2. The summed E-state index contributed by atoms with van der Waals surface area (Å²) in [6, 6.07) is 1.39. The minimum Gasteiger partial charge on any atom is -0.452 e. The van der Waals surface area contributed by atoms with Gasteiger partial charge in [0.2, 0.25) is 10.0 Å². The highest BCUT2D eigenvalue weighted by atomic mass is 79.9. The molecule has 0 bridgehead atoms. The second kappa shape index (κ2) is 5.78. The lowest BCUT2D eigenvalue weighted by molar-refractivity contribution is 0.204. The molecule has 1 heterocycles. The molecule has 16 heavy (non-hydrogen) atoms. The summed E-state index contributed by atoms with van der Waals surface area (Å²) in [6.45, 7) is 0.652. The topological polar surface area (TPSA) is 94.6 Å². The first-order valence-electron chi connectivity index (χ1n) is 4.48. The van der Waals surface area contributed by atoms with Crippen LogP contribution in [0.1, 0.15) is 5.76 Å². The van der Waals surface area contributed by atoms with E-state index in [0.717, 1.165) is 0 Å². The Kier molecular flexibility index (Phi) is 4.93. The predicted molar refractivity (Wildman–Crippen MR) is 61.4 cm³/mol. The maximum absolute atomic E-state index is 11.8. The Balaban J connectivity index is 2.85. The second-order valence-electron chi connectivity index (χ2n) is 2.95. The summed E-state index contributed by atoms with van der Waals surface area (Å²) < 4.78 is 35.9. The van der Waals surface area contributed by atoms with Gasteiger partial charge in [-0.15, -0.1) is 0 Å². The molecule has 0 aliphatic rings. The molecule has 0 atom stereocenters. The predicted octanol–water partition coefficient (Wildman–Crippen LogP) is 0.425. The summed E-state index contributed by atoms with van der Waals surface area (Å²) in [5, 5.41) is 0. The molecular weight excluding hydrogens is 300 g/mol. The van der Waals surface area contributed by atoms with Crippen LogP contribution in [-0.4, -0.2) is 28.7 Å². The van der Waals surface area contributed by atoms with Crippen molar-refractivity contribution in [1.29, 1.82) is 0 Å². The number of furan rings is 1. The number of ether oxygens (including phenoxy) is 1. The van der Waals surface area contributed by atoms with Gasteiger partial charge < -0.3 is 14.9 Å². The molecule has 1 aromatic rings. The maximum atomic E-state index is 11.8. The number of sulfonamides is 1. The zero-order valence-corrected chi connectivity index (χ0v) is 11.1. The summed E-state index contributed by atoms with van der Waals surface area (Å²) >= 11 is 3.03. The fourth-order valence-corrected chi connectivity index (χ4v) is 3.05. The number of rotatable bonds is 6. The second-order valence-corrected chi connectivity index (χ2v) is 5.40. The molecule has 0 aliphatic carbocycles. The fraction of sp³-hybridized carbons (Fsp3) is 0.500. The molecule has 0 aliphatic heterocycles. The van der Waals surface area contributed by atoms with Crippen LogP contribution in [0.25, 0.3) is 0 Å². The highest BCUT2D eigenvalue weighted by molar-refractivity contribution is 9.10. The van der Waals surface area contributed by atoms with Gasteiger partial charge in [-0.2, -0.15) is 0 Å². The van der Waals surface area contributed by atoms with Gasteiger partial charge in [0.1, 0.15) is 10.7 Å². The Morgan fingerprint density at radius 3 is 2.81 bits per heavy atom. The summed E-state index contributed by atoms with van der Waals surface area (Å²) in [4.78, 5) is 0.0454. The van der Waals surface area contributed by atoms with Crippen molar-refractivity contribution in [1.82, 2.24) is 4.72 Å². The van der Waals surface area contributed by atoms with E-state index < -0.39 is 10.0 Å². The quantitative estimate of drug-likeness (QED) is 0.743. The lowest BCUT2D eigenvalue weighted by atomic mass is 10.5. The Labute approximate surface area is 102 Å². The number of hydrogen-bond donors (Lipinski definition) is 2. The van der Waals surface area contributed by atoms with Crippen LogP contribution < -0.4 is 10.5 Å². The van der Waals surface area contributed by atoms with Crippen LogP contribution >= 0.6 is 15.9 Å². The Hall–Kier alpha value is -0.410. The van der Waals surface area contributed by atoms with Gasteiger partial charge in [-0.3, -0.25) is 0 Å². The molecule has 0 saturated heterocycles. The number of hydrogen-bond acceptors (Lipinski definition) is 5. The number of halogens is 1. The van der Waals surface area contributed by atoms with Crippen molar-refractivity contribution in [3.63, 3.8) is 0 Å². The molecule has 1 aromatic heterocycles. The first kappa shape index (κ1) is 13.7.